The summed E-state index contributed by atoms with van der Waals surface area (Å²) in [6.07, 6.45) is 4.27. The van der Waals surface area contributed by atoms with Gasteiger partial charge in [0.2, 0.25) is 5.91 Å². The largest absolute Gasteiger partial charge is 0.489 e. The molecule has 1 heterocycles. The number of hydrogen-bond acceptors (Lipinski definition) is 3. The van der Waals surface area contributed by atoms with Crippen LogP contribution in [0.5, 0.6) is 5.75 Å². The molecule has 1 unspecified atom stereocenters. The molecule has 0 aliphatic carbocycles. The monoisotopic (exact) mass is 322 g/mol. The number of benzene rings is 1. The lowest BCUT2D eigenvalue weighted by molar-refractivity contribution is -0.137. The van der Waals surface area contributed by atoms with E-state index in [0.29, 0.717) is 13.2 Å². The number of carbonyl (C=O) groups is 1. The Labute approximate surface area is 138 Å². The summed E-state index contributed by atoms with van der Waals surface area (Å²) < 4.78 is 18.9. The van der Waals surface area contributed by atoms with E-state index in [4.69, 9.17) is 4.74 Å². The van der Waals surface area contributed by atoms with Gasteiger partial charge in [0.15, 0.2) is 11.6 Å². The van der Waals surface area contributed by atoms with E-state index in [1.54, 1.807) is 30.1 Å². The number of likely N-dealkylation sites (tertiary alicyclic amines) is 1. The van der Waals surface area contributed by atoms with Crippen LogP contribution >= 0.6 is 0 Å². The average molecular weight is 322 g/mol. The molecule has 1 aromatic rings. The molecular weight excluding hydrogens is 295 g/mol. The third-order valence-electron chi connectivity index (χ3n) is 4.31. The van der Waals surface area contributed by atoms with E-state index in [1.165, 1.54) is 12.5 Å². The van der Waals surface area contributed by atoms with Gasteiger partial charge in [-0.25, -0.2) is 4.39 Å². The lowest BCUT2D eigenvalue weighted by Crippen LogP contribution is -2.50. The summed E-state index contributed by atoms with van der Waals surface area (Å²) in [7, 11) is 1.80. The zero-order chi connectivity index (χ0) is 16.7. The number of amides is 1. The van der Waals surface area contributed by atoms with Gasteiger partial charge in [-0.2, -0.15) is 0 Å². The molecule has 0 aromatic heterocycles. The highest BCUT2D eigenvalue weighted by Crippen LogP contribution is 2.19. The van der Waals surface area contributed by atoms with Crippen molar-refractivity contribution in [2.45, 2.75) is 38.6 Å². The normalized spacial score (nSPS) is 18.7. The number of piperidine rings is 1. The standard InChI is InChI=1S/C18H27FN2O2/c1-3-11-21-12-7-6-9-16(21)18(22)20(2)13-14-23-17-10-5-4-8-15(17)19/h4-5,8,10,16H,3,6-7,9,11-14H2,1-2H3. The van der Waals surface area contributed by atoms with Crippen LogP contribution in [0.4, 0.5) is 4.39 Å². The van der Waals surface area contributed by atoms with Gasteiger partial charge in [-0.3, -0.25) is 9.69 Å². The molecule has 1 aliphatic heterocycles. The van der Waals surface area contributed by atoms with Gasteiger partial charge in [-0.1, -0.05) is 25.5 Å². The van der Waals surface area contributed by atoms with Crippen LogP contribution in [0.2, 0.25) is 0 Å². The molecule has 0 N–H and O–H groups in total. The molecule has 1 aromatic carbocycles. The van der Waals surface area contributed by atoms with Crippen LogP contribution < -0.4 is 4.74 Å². The van der Waals surface area contributed by atoms with Crippen molar-refractivity contribution in [2.75, 3.05) is 33.3 Å². The fourth-order valence-electron chi connectivity index (χ4n) is 3.04. The van der Waals surface area contributed by atoms with Crippen LogP contribution in [0.15, 0.2) is 24.3 Å². The van der Waals surface area contributed by atoms with Gasteiger partial charge in [-0.15, -0.1) is 0 Å². The van der Waals surface area contributed by atoms with Gasteiger partial charge in [0.05, 0.1) is 12.6 Å². The Hall–Kier alpha value is -1.62. The molecule has 0 spiro atoms. The Morgan fingerprint density at radius 1 is 1.39 bits per heavy atom. The first-order chi connectivity index (χ1) is 11.1. The Bertz CT molecular complexity index is 508. The van der Waals surface area contributed by atoms with Crippen molar-refractivity contribution in [1.82, 2.24) is 9.80 Å². The molecule has 23 heavy (non-hydrogen) atoms. The van der Waals surface area contributed by atoms with Gasteiger partial charge < -0.3 is 9.64 Å². The number of hydrogen-bond donors (Lipinski definition) is 0. The first-order valence-electron chi connectivity index (χ1n) is 8.49. The Kier molecular flexibility index (Phi) is 6.84. The molecule has 1 aliphatic rings. The summed E-state index contributed by atoms with van der Waals surface area (Å²) in [6, 6.07) is 6.32. The van der Waals surface area contributed by atoms with E-state index in [0.717, 1.165) is 32.4 Å². The average Bonchev–Trinajstić information content (AvgIpc) is 2.56. The predicted molar refractivity (Wildman–Crippen MR) is 89.0 cm³/mol. The van der Waals surface area contributed by atoms with Gasteiger partial charge in [-0.05, 0) is 44.5 Å². The number of para-hydroxylation sites is 1. The zero-order valence-corrected chi connectivity index (χ0v) is 14.1. The minimum atomic E-state index is -0.372. The second-order valence-corrected chi connectivity index (χ2v) is 6.09. The molecule has 5 heteroatoms. The molecule has 1 atom stereocenters. The SMILES string of the molecule is CCCN1CCCCC1C(=O)N(C)CCOc1ccccc1F. The van der Waals surface area contributed by atoms with Crippen molar-refractivity contribution in [3.8, 4) is 5.75 Å². The van der Waals surface area contributed by atoms with Crippen LogP contribution in [0.25, 0.3) is 0 Å². The van der Waals surface area contributed by atoms with Crippen molar-refractivity contribution in [3.05, 3.63) is 30.1 Å². The minimum absolute atomic E-state index is 0.0119. The predicted octanol–water partition coefficient (Wildman–Crippen LogP) is 2.93. The lowest BCUT2D eigenvalue weighted by atomic mass is 10.0. The summed E-state index contributed by atoms with van der Waals surface area (Å²) in [5.74, 6) is 0.0109. The fraction of sp³-hybridized carbons (Fsp3) is 0.611. The summed E-state index contributed by atoms with van der Waals surface area (Å²) in [5.41, 5.74) is 0. The van der Waals surface area contributed by atoms with Gasteiger partial charge >= 0.3 is 0 Å². The first-order valence-corrected chi connectivity index (χ1v) is 8.49. The third kappa shape index (κ3) is 4.93. The van der Waals surface area contributed by atoms with E-state index in [1.807, 2.05) is 0 Å². The van der Waals surface area contributed by atoms with Crippen LogP contribution in [-0.4, -0.2) is 55.0 Å². The Morgan fingerprint density at radius 2 is 2.17 bits per heavy atom. The van der Waals surface area contributed by atoms with Gasteiger partial charge in [0.25, 0.3) is 0 Å². The Morgan fingerprint density at radius 3 is 2.91 bits per heavy atom. The molecule has 0 saturated carbocycles. The summed E-state index contributed by atoms with van der Waals surface area (Å²) >= 11 is 0. The molecule has 128 valence electrons. The van der Waals surface area contributed by atoms with E-state index >= 15 is 0 Å². The van der Waals surface area contributed by atoms with Crippen LogP contribution in [-0.2, 0) is 4.79 Å². The highest BCUT2D eigenvalue weighted by molar-refractivity contribution is 5.81. The van der Waals surface area contributed by atoms with Crippen LogP contribution in [0, 0.1) is 5.82 Å². The number of likely N-dealkylation sites (N-methyl/N-ethyl adjacent to an activating group) is 1. The second kappa shape index (κ2) is 8.87. The van der Waals surface area contributed by atoms with Crippen LogP contribution in [0.3, 0.4) is 0 Å². The number of ether oxygens (including phenoxy) is 1. The quantitative estimate of drug-likeness (QED) is 0.774. The molecule has 4 nitrogen and oxygen atoms in total. The van der Waals surface area contributed by atoms with Gasteiger partial charge in [0, 0.05) is 7.05 Å². The number of nitrogens with zero attached hydrogens (tertiary/aromatic N) is 2. The maximum Gasteiger partial charge on any atom is 0.239 e. The summed E-state index contributed by atoms with van der Waals surface area (Å²) in [5, 5.41) is 0. The molecule has 0 bridgehead atoms. The van der Waals surface area contributed by atoms with E-state index in [-0.39, 0.29) is 23.5 Å². The highest BCUT2D eigenvalue weighted by atomic mass is 19.1. The summed E-state index contributed by atoms with van der Waals surface area (Å²) in [6.45, 7) is 4.87. The fourth-order valence-corrected chi connectivity index (χ4v) is 3.04. The van der Waals surface area contributed by atoms with Crippen molar-refractivity contribution in [2.24, 2.45) is 0 Å². The highest BCUT2D eigenvalue weighted by Gasteiger charge is 2.29. The zero-order valence-electron chi connectivity index (χ0n) is 14.1. The molecule has 2 rings (SSSR count). The van der Waals surface area contributed by atoms with Crippen molar-refractivity contribution < 1.29 is 13.9 Å². The maximum atomic E-state index is 13.5. The van der Waals surface area contributed by atoms with Crippen LogP contribution in [0.1, 0.15) is 32.6 Å². The molecule has 1 saturated heterocycles. The number of rotatable bonds is 7. The minimum Gasteiger partial charge on any atom is -0.489 e. The van der Waals surface area contributed by atoms with E-state index in [2.05, 4.69) is 11.8 Å². The number of carbonyl (C=O) groups excluding carboxylic acids is 1. The third-order valence-corrected chi connectivity index (χ3v) is 4.31. The molecule has 1 amide bonds. The molecular formula is C18H27FN2O2. The van der Waals surface area contributed by atoms with Crippen molar-refractivity contribution in [1.29, 1.82) is 0 Å². The smallest absolute Gasteiger partial charge is 0.239 e. The van der Waals surface area contributed by atoms with E-state index < -0.39 is 0 Å². The van der Waals surface area contributed by atoms with Crippen molar-refractivity contribution >= 4 is 5.91 Å². The van der Waals surface area contributed by atoms with Gasteiger partial charge in [0.1, 0.15) is 6.61 Å². The topological polar surface area (TPSA) is 32.8 Å². The Balaban J connectivity index is 1.83. The maximum absolute atomic E-state index is 13.5. The second-order valence-electron chi connectivity index (χ2n) is 6.09. The van der Waals surface area contributed by atoms with E-state index in [9.17, 15) is 9.18 Å². The first kappa shape index (κ1) is 17.7. The number of halogens is 1. The lowest BCUT2D eigenvalue weighted by Gasteiger charge is -2.36. The molecule has 1 fully saturated rings. The summed E-state index contributed by atoms with van der Waals surface area (Å²) in [4.78, 5) is 16.6. The molecule has 0 radical (unpaired) electrons. The van der Waals surface area contributed by atoms with Crippen molar-refractivity contribution in [3.63, 3.8) is 0 Å².